The molecule has 1 aromatic heterocycles. The lowest BCUT2D eigenvalue weighted by Crippen LogP contribution is -2.02. The highest BCUT2D eigenvalue weighted by Crippen LogP contribution is 2.39. The Morgan fingerprint density at radius 3 is 2.76 bits per heavy atom. The Hall–Kier alpha value is -1.36. The number of thiophene rings is 1. The predicted octanol–water partition coefficient (Wildman–Crippen LogP) is 5.06. The summed E-state index contributed by atoms with van der Waals surface area (Å²) in [5.74, 6) is 0.711. The van der Waals surface area contributed by atoms with Gasteiger partial charge in [-0.15, -0.1) is 11.3 Å². The van der Waals surface area contributed by atoms with E-state index >= 15 is 0 Å². The second-order valence-electron chi connectivity index (χ2n) is 4.96. The average molecular weight is 363 g/mol. The molecule has 0 amide bonds. The zero-order valence-electron chi connectivity index (χ0n) is 11.8. The van der Waals surface area contributed by atoms with Crippen LogP contribution in [0, 0.1) is 6.92 Å². The maximum absolute atomic E-state index is 10.8. The van der Waals surface area contributed by atoms with Crippen LogP contribution in [0.2, 0.25) is 0 Å². The van der Waals surface area contributed by atoms with Gasteiger partial charge in [-0.05, 0) is 51.8 Å². The number of aryl methyl sites for hydroxylation is 1. The van der Waals surface area contributed by atoms with E-state index in [4.69, 9.17) is 4.74 Å². The van der Waals surface area contributed by atoms with Crippen molar-refractivity contribution >= 4 is 37.4 Å². The first-order valence-corrected chi connectivity index (χ1v) is 8.27. The minimum atomic E-state index is -0.692. The van der Waals surface area contributed by atoms with E-state index in [1.54, 1.807) is 18.4 Å². The van der Waals surface area contributed by atoms with Gasteiger partial charge in [0.2, 0.25) is 0 Å². The summed E-state index contributed by atoms with van der Waals surface area (Å²) >= 11 is 5.19. The van der Waals surface area contributed by atoms with Crippen LogP contribution in [0.3, 0.4) is 0 Å². The third-order valence-electron chi connectivity index (χ3n) is 3.56. The highest BCUT2D eigenvalue weighted by atomic mass is 79.9. The molecule has 0 saturated carbocycles. The van der Waals surface area contributed by atoms with E-state index in [-0.39, 0.29) is 0 Å². The summed E-state index contributed by atoms with van der Waals surface area (Å²) in [5.41, 5.74) is 2.82. The summed E-state index contributed by atoms with van der Waals surface area (Å²) in [6.45, 7) is 2.01. The summed E-state index contributed by atoms with van der Waals surface area (Å²) in [4.78, 5) is 0. The number of aliphatic hydroxyl groups is 1. The highest BCUT2D eigenvalue weighted by molar-refractivity contribution is 9.10. The number of ether oxygens (including phenoxy) is 1. The molecular formula is C17H15BrO2S. The third-order valence-corrected chi connectivity index (χ3v) is 5.53. The van der Waals surface area contributed by atoms with Gasteiger partial charge in [0.25, 0.3) is 0 Å². The van der Waals surface area contributed by atoms with Gasteiger partial charge < -0.3 is 9.84 Å². The van der Waals surface area contributed by atoms with Crippen LogP contribution in [0.5, 0.6) is 5.75 Å². The molecule has 21 heavy (non-hydrogen) atoms. The lowest BCUT2D eigenvalue weighted by Gasteiger charge is -2.15. The lowest BCUT2D eigenvalue weighted by molar-refractivity contribution is 0.216. The normalized spacial score (nSPS) is 12.6. The Bertz CT molecular complexity index is 795. The van der Waals surface area contributed by atoms with E-state index in [0.717, 1.165) is 31.2 Å². The predicted molar refractivity (Wildman–Crippen MR) is 91.3 cm³/mol. The van der Waals surface area contributed by atoms with E-state index < -0.39 is 6.10 Å². The van der Waals surface area contributed by atoms with Crippen molar-refractivity contribution in [2.75, 3.05) is 7.11 Å². The van der Waals surface area contributed by atoms with Crippen molar-refractivity contribution < 1.29 is 9.84 Å². The van der Waals surface area contributed by atoms with Crippen LogP contribution >= 0.6 is 27.3 Å². The molecule has 0 bridgehead atoms. The van der Waals surface area contributed by atoms with Gasteiger partial charge >= 0.3 is 0 Å². The molecule has 4 heteroatoms. The van der Waals surface area contributed by atoms with Crippen molar-refractivity contribution in [2.45, 2.75) is 13.0 Å². The van der Waals surface area contributed by atoms with Crippen molar-refractivity contribution in [3.05, 3.63) is 62.9 Å². The van der Waals surface area contributed by atoms with Gasteiger partial charge in [-0.2, -0.15) is 0 Å². The molecule has 0 aliphatic carbocycles. The molecule has 0 aliphatic rings. The van der Waals surface area contributed by atoms with Gasteiger partial charge in [0.05, 0.1) is 7.11 Å². The van der Waals surface area contributed by atoms with Gasteiger partial charge in [0, 0.05) is 20.3 Å². The van der Waals surface area contributed by atoms with Gasteiger partial charge in [-0.25, -0.2) is 0 Å². The largest absolute Gasteiger partial charge is 0.496 e. The number of rotatable bonds is 3. The molecule has 2 nitrogen and oxygen atoms in total. The van der Waals surface area contributed by atoms with Crippen LogP contribution in [-0.4, -0.2) is 12.2 Å². The Kier molecular flexibility index (Phi) is 4.02. The molecule has 0 fully saturated rings. The SMILES string of the molecule is COc1ccc(C)cc1C(O)c1csc2c(Br)cccc12. The fourth-order valence-electron chi connectivity index (χ4n) is 2.49. The first-order valence-electron chi connectivity index (χ1n) is 6.60. The number of hydrogen-bond acceptors (Lipinski definition) is 3. The first-order chi connectivity index (χ1) is 10.1. The van der Waals surface area contributed by atoms with Crippen molar-refractivity contribution in [1.82, 2.24) is 0 Å². The van der Waals surface area contributed by atoms with Crippen LogP contribution < -0.4 is 4.74 Å². The fourth-order valence-corrected chi connectivity index (χ4v) is 4.13. The summed E-state index contributed by atoms with van der Waals surface area (Å²) in [6.07, 6.45) is -0.692. The van der Waals surface area contributed by atoms with Crippen molar-refractivity contribution in [1.29, 1.82) is 0 Å². The molecule has 1 atom stereocenters. The molecular weight excluding hydrogens is 348 g/mol. The first kappa shape index (κ1) is 14.6. The van der Waals surface area contributed by atoms with E-state index in [1.807, 2.05) is 48.7 Å². The number of halogens is 1. The smallest absolute Gasteiger partial charge is 0.125 e. The topological polar surface area (TPSA) is 29.5 Å². The molecule has 3 rings (SSSR count). The van der Waals surface area contributed by atoms with E-state index in [9.17, 15) is 5.11 Å². The van der Waals surface area contributed by atoms with Crippen LogP contribution in [-0.2, 0) is 0 Å². The van der Waals surface area contributed by atoms with Gasteiger partial charge in [-0.1, -0.05) is 23.8 Å². The second kappa shape index (κ2) is 5.79. The number of hydrogen-bond donors (Lipinski definition) is 1. The van der Waals surface area contributed by atoms with Crippen LogP contribution in [0.4, 0.5) is 0 Å². The summed E-state index contributed by atoms with van der Waals surface area (Å²) in [7, 11) is 1.63. The monoisotopic (exact) mass is 362 g/mol. The molecule has 108 valence electrons. The van der Waals surface area contributed by atoms with E-state index in [0.29, 0.717) is 5.75 Å². The average Bonchev–Trinajstić information content (AvgIpc) is 2.92. The van der Waals surface area contributed by atoms with E-state index in [1.165, 1.54) is 0 Å². The molecule has 3 aromatic rings. The molecule has 0 saturated heterocycles. The van der Waals surface area contributed by atoms with Crippen molar-refractivity contribution in [3.63, 3.8) is 0 Å². The number of benzene rings is 2. The van der Waals surface area contributed by atoms with Gasteiger partial charge in [-0.3, -0.25) is 0 Å². The highest BCUT2D eigenvalue weighted by Gasteiger charge is 2.19. The van der Waals surface area contributed by atoms with Gasteiger partial charge in [0.15, 0.2) is 0 Å². The van der Waals surface area contributed by atoms with Crippen molar-refractivity contribution in [3.8, 4) is 5.75 Å². The Balaban J connectivity index is 2.15. The zero-order valence-corrected chi connectivity index (χ0v) is 14.2. The molecule has 1 heterocycles. The van der Waals surface area contributed by atoms with Crippen LogP contribution in [0.25, 0.3) is 10.1 Å². The van der Waals surface area contributed by atoms with E-state index in [2.05, 4.69) is 15.9 Å². The summed E-state index contributed by atoms with van der Waals surface area (Å²) in [5, 5.41) is 13.9. The zero-order chi connectivity index (χ0) is 15.0. The maximum Gasteiger partial charge on any atom is 0.125 e. The summed E-state index contributed by atoms with van der Waals surface area (Å²) < 4.78 is 7.60. The minimum absolute atomic E-state index is 0.692. The van der Waals surface area contributed by atoms with Crippen LogP contribution in [0.1, 0.15) is 22.8 Å². The standard InChI is InChI=1S/C17H15BrO2S/c1-10-6-7-15(20-2)12(8-10)16(19)13-9-21-17-11(13)4-3-5-14(17)18/h3-9,16,19H,1-2H3. The maximum atomic E-state index is 10.8. The minimum Gasteiger partial charge on any atom is -0.496 e. The molecule has 0 aliphatic heterocycles. The number of methoxy groups -OCH3 is 1. The third kappa shape index (κ3) is 2.59. The molecule has 2 aromatic carbocycles. The molecule has 1 unspecified atom stereocenters. The van der Waals surface area contributed by atoms with Crippen LogP contribution in [0.15, 0.2) is 46.3 Å². The molecule has 0 radical (unpaired) electrons. The van der Waals surface area contributed by atoms with Gasteiger partial charge in [0.1, 0.15) is 11.9 Å². The number of aliphatic hydroxyl groups excluding tert-OH is 1. The second-order valence-corrected chi connectivity index (χ2v) is 6.69. The number of fused-ring (bicyclic) bond motifs is 1. The Labute approximate surface area is 136 Å². The van der Waals surface area contributed by atoms with Crippen molar-refractivity contribution in [2.24, 2.45) is 0 Å². The Morgan fingerprint density at radius 1 is 1.19 bits per heavy atom. The summed E-state index contributed by atoms with van der Waals surface area (Å²) in [6, 6.07) is 11.9. The molecule has 1 N–H and O–H groups in total. The Morgan fingerprint density at radius 2 is 2.00 bits per heavy atom. The quantitative estimate of drug-likeness (QED) is 0.705. The lowest BCUT2D eigenvalue weighted by atomic mass is 9.98. The molecule has 0 spiro atoms. The fraction of sp³-hybridized carbons (Fsp3) is 0.176.